The first-order valence-corrected chi connectivity index (χ1v) is 8.38. The molecule has 0 amide bonds. The predicted octanol–water partition coefficient (Wildman–Crippen LogP) is 2.32. The molecule has 0 aliphatic carbocycles. The molecule has 0 bridgehead atoms. The minimum Gasteiger partial charge on any atom is -0.490 e. The monoisotopic (exact) mass is 435 g/mol. The fourth-order valence-electron chi connectivity index (χ4n) is 2.18. The fourth-order valence-corrected chi connectivity index (χ4v) is 2.75. The highest BCUT2D eigenvalue weighted by molar-refractivity contribution is 9.10. The summed E-state index contributed by atoms with van der Waals surface area (Å²) in [6.45, 7) is 2.22. The van der Waals surface area contributed by atoms with Crippen LogP contribution in [-0.4, -0.2) is 28.1 Å². The van der Waals surface area contributed by atoms with Crippen LogP contribution < -0.4 is 20.7 Å². The van der Waals surface area contributed by atoms with Gasteiger partial charge in [-0.1, -0.05) is 12.0 Å². The Kier molecular flexibility index (Phi) is 6.56. The Balaban J connectivity index is 2.49. The van der Waals surface area contributed by atoms with E-state index < -0.39 is 21.9 Å². The van der Waals surface area contributed by atoms with E-state index in [4.69, 9.17) is 15.9 Å². The number of aromatic amines is 2. The molecule has 1 heterocycles. The maximum Gasteiger partial charge on any atom is 0.357 e. The number of halogens is 1. The summed E-state index contributed by atoms with van der Waals surface area (Å²) in [5.41, 5.74) is -2.34. The summed E-state index contributed by atoms with van der Waals surface area (Å²) in [5.74, 6) is 3.19. The molecule has 0 fully saturated rings. The first-order valence-electron chi connectivity index (χ1n) is 7.59. The van der Waals surface area contributed by atoms with Crippen LogP contribution in [0.5, 0.6) is 11.5 Å². The van der Waals surface area contributed by atoms with Crippen molar-refractivity contribution >= 4 is 33.8 Å². The standard InChI is InChI=1S/C17H14BrN3O6/c1-3-7-27-15-11(18)8-10(9-13(15)26-4-2)5-6-12-14(21(24)25)16(22)20-17(23)19-12/h1,5-6,8-9H,4,7H2,2H3,(H2,19,20,22,23)/b6-5+. The van der Waals surface area contributed by atoms with Gasteiger partial charge in [-0.2, -0.15) is 0 Å². The maximum atomic E-state index is 11.6. The predicted molar refractivity (Wildman–Crippen MR) is 103 cm³/mol. The number of nitro groups is 1. The zero-order chi connectivity index (χ0) is 20.0. The molecule has 140 valence electrons. The van der Waals surface area contributed by atoms with Gasteiger partial charge in [0.1, 0.15) is 12.3 Å². The van der Waals surface area contributed by atoms with Gasteiger partial charge in [0.05, 0.1) is 16.0 Å². The van der Waals surface area contributed by atoms with Crippen LogP contribution in [0.1, 0.15) is 18.2 Å². The number of nitrogens with one attached hydrogen (secondary N) is 2. The van der Waals surface area contributed by atoms with Crippen molar-refractivity contribution in [3.63, 3.8) is 0 Å². The molecule has 1 aromatic carbocycles. The molecule has 0 saturated heterocycles. The molecular formula is C17H14BrN3O6. The number of H-pyrrole nitrogens is 2. The summed E-state index contributed by atoms with van der Waals surface area (Å²) in [6.07, 6.45) is 7.94. The summed E-state index contributed by atoms with van der Waals surface area (Å²) in [6, 6.07) is 3.30. The van der Waals surface area contributed by atoms with Crippen LogP contribution in [0, 0.1) is 22.5 Å². The van der Waals surface area contributed by atoms with Crippen LogP contribution in [0.25, 0.3) is 12.2 Å². The zero-order valence-corrected chi connectivity index (χ0v) is 15.7. The number of nitrogens with zero attached hydrogens (tertiary/aromatic N) is 1. The van der Waals surface area contributed by atoms with Gasteiger partial charge < -0.3 is 14.5 Å². The number of terminal acetylenes is 1. The average Bonchev–Trinajstić information content (AvgIpc) is 2.58. The third kappa shape index (κ3) is 4.86. The number of aromatic nitrogens is 2. The Hall–Kier alpha value is -3.32. The van der Waals surface area contributed by atoms with E-state index in [1.165, 1.54) is 12.2 Å². The number of hydrogen-bond donors (Lipinski definition) is 2. The quantitative estimate of drug-likeness (QED) is 0.390. The van der Waals surface area contributed by atoms with E-state index in [-0.39, 0.29) is 12.3 Å². The summed E-state index contributed by atoms with van der Waals surface area (Å²) in [4.78, 5) is 37.3. The van der Waals surface area contributed by atoms with Crippen molar-refractivity contribution in [1.29, 1.82) is 0 Å². The van der Waals surface area contributed by atoms with E-state index in [2.05, 4.69) is 26.8 Å². The number of hydrogen-bond acceptors (Lipinski definition) is 6. The largest absolute Gasteiger partial charge is 0.490 e. The van der Waals surface area contributed by atoms with Crippen molar-refractivity contribution < 1.29 is 14.4 Å². The normalized spacial score (nSPS) is 10.6. The summed E-state index contributed by atoms with van der Waals surface area (Å²) < 4.78 is 11.5. The number of rotatable bonds is 7. The third-order valence-electron chi connectivity index (χ3n) is 3.20. The van der Waals surface area contributed by atoms with Crippen molar-refractivity contribution in [2.75, 3.05) is 13.2 Å². The lowest BCUT2D eigenvalue weighted by atomic mass is 10.1. The molecule has 2 rings (SSSR count). The van der Waals surface area contributed by atoms with E-state index in [0.29, 0.717) is 28.1 Å². The minimum absolute atomic E-state index is 0.0497. The molecule has 0 unspecified atom stereocenters. The molecule has 2 aromatic rings. The Morgan fingerprint density at radius 1 is 1.30 bits per heavy atom. The van der Waals surface area contributed by atoms with Crippen LogP contribution in [0.4, 0.5) is 5.69 Å². The number of ether oxygens (including phenoxy) is 2. The second kappa shape index (κ2) is 8.86. The van der Waals surface area contributed by atoms with E-state index in [1.54, 1.807) is 19.1 Å². The molecule has 0 saturated carbocycles. The molecule has 1 aromatic heterocycles. The Labute approximate surface area is 161 Å². The highest BCUT2D eigenvalue weighted by Crippen LogP contribution is 2.37. The van der Waals surface area contributed by atoms with Crippen LogP contribution in [-0.2, 0) is 0 Å². The molecule has 2 N–H and O–H groups in total. The van der Waals surface area contributed by atoms with Gasteiger partial charge in [-0.15, -0.1) is 6.42 Å². The SMILES string of the molecule is C#CCOc1c(Br)cc(/C=C/c2[nH]c(=O)[nH]c(=O)c2[N+](=O)[O-])cc1OCC. The van der Waals surface area contributed by atoms with Crippen LogP contribution >= 0.6 is 15.9 Å². The molecule has 27 heavy (non-hydrogen) atoms. The third-order valence-corrected chi connectivity index (χ3v) is 3.79. The fraction of sp³-hybridized carbons (Fsp3) is 0.176. The summed E-state index contributed by atoms with van der Waals surface area (Å²) in [7, 11) is 0. The van der Waals surface area contributed by atoms with Crippen molar-refractivity contribution in [2.45, 2.75) is 6.92 Å². The van der Waals surface area contributed by atoms with Crippen molar-refractivity contribution in [1.82, 2.24) is 9.97 Å². The number of benzene rings is 1. The van der Waals surface area contributed by atoms with Crippen molar-refractivity contribution in [3.05, 3.63) is 58.8 Å². The first-order chi connectivity index (χ1) is 12.9. The molecule has 0 atom stereocenters. The molecule has 0 radical (unpaired) electrons. The van der Waals surface area contributed by atoms with Crippen LogP contribution in [0.15, 0.2) is 26.2 Å². The van der Waals surface area contributed by atoms with Gasteiger partial charge in [0, 0.05) is 0 Å². The van der Waals surface area contributed by atoms with Gasteiger partial charge >= 0.3 is 16.9 Å². The highest BCUT2D eigenvalue weighted by atomic mass is 79.9. The average molecular weight is 436 g/mol. The van der Waals surface area contributed by atoms with Crippen molar-refractivity contribution in [2.24, 2.45) is 0 Å². The lowest BCUT2D eigenvalue weighted by Gasteiger charge is -2.13. The molecule has 0 aliphatic heterocycles. The van der Waals surface area contributed by atoms with E-state index in [0.717, 1.165) is 0 Å². The van der Waals surface area contributed by atoms with Gasteiger partial charge in [-0.25, -0.2) is 4.79 Å². The van der Waals surface area contributed by atoms with Gasteiger partial charge in [-0.05, 0) is 46.6 Å². The van der Waals surface area contributed by atoms with Gasteiger partial charge in [-0.3, -0.25) is 19.9 Å². The van der Waals surface area contributed by atoms with Crippen molar-refractivity contribution in [3.8, 4) is 23.8 Å². The van der Waals surface area contributed by atoms with Gasteiger partial charge in [0.2, 0.25) is 0 Å². The van der Waals surface area contributed by atoms with E-state index in [1.807, 2.05) is 4.98 Å². The molecule has 10 heteroatoms. The first kappa shape index (κ1) is 20.0. The lowest BCUT2D eigenvalue weighted by Crippen LogP contribution is -2.25. The summed E-state index contributed by atoms with van der Waals surface area (Å²) in [5, 5.41) is 11.1. The zero-order valence-electron chi connectivity index (χ0n) is 14.1. The Bertz CT molecular complexity index is 1050. The minimum atomic E-state index is -1.09. The summed E-state index contributed by atoms with van der Waals surface area (Å²) >= 11 is 3.36. The van der Waals surface area contributed by atoms with Crippen LogP contribution in [0.3, 0.4) is 0 Å². The molecule has 0 spiro atoms. The Morgan fingerprint density at radius 3 is 2.67 bits per heavy atom. The van der Waals surface area contributed by atoms with Gasteiger partial charge in [0.15, 0.2) is 11.5 Å². The molecular weight excluding hydrogens is 422 g/mol. The van der Waals surface area contributed by atoms with E-state index >= 15 is 0 Å². The van der Waals surface area contributed by atoms with Crippen LogP contribution in [0.2, 0.25) is 0 Å². The smallest absolute Gasteiger partial charge is 0.357 e. The second-order valence-electron chi connectivity index (χ2n) is 5.02. The molecule has 0 aliphatic rings. The maximum absolute atomic E-state index is 11.6. The van der Waals surface area contributed by atoms with E-state index in [9.17, 15) is 19.7 Å². The molecule has 9 nitrogen and oxygen atoms in total. The second-order valence-corrected chi connectivity index (χ2v) is 5.87. The van der Waals surface area contributed by atoms with Gasteiger partial charge in [0.25, 0.3) is 0 Å². The highest BCUT2D eigenvalue weighted by Gasteiger charge is 2.19. The topological polar surface area (TPSA) is 127 Å². The lowest BCUT2D eigenvalue weighted by molar-refractivity contribution is -0.386. The Morgan fingerprint density at radius 2 is 2.04 bits per heavy atom.